The summed E-state index contributed by atoms with van der Waals surface area (Å²) in [4.78, 5) is 27.2. The maximum Gasteiger partial charge on any atom is 0.242 e. The molecule has 0 saturated heterocycles. The molecule has 6 heteroatoms. The minimum absolute atomic E-state index is 0.0893. The molecule has 2 rings (SSSR count). The van der Waals surface area contributed by atoms with Gasteiger partial charge in [0.1, 0.15) is 17.6 Å². The van der Waals surface area contributed by atoms with Gasteiger partial charge in [0.15, 0.2) is 0 Å². The third kappa shape index (κ3) is 6.89. The molecule has 0 aromatic heterocycles. The molecule has 5 nitrogen and oxygen atoms in total. The van der Waals surface area contributed by atoms with Gasteiger partial charge in [0.25, 0.3) is 0 Å². The zero-order chi connectivity index (χ0) is 21.4. The van der Waals surface area contributed by atoms with Crippen molar-refractivity contribution >= 4 is 11.8 Å². The van der Waals surface area contributed by atoms with E-state index in [9.17, 15) is 14.0 Å². The zero-order valence-electron chi connectivity index (χ0n) is 17.4. The molecule has 0 spiro atoms. The highest BCUT2D eigenvalue weighted by Gasteiger charge is 2.26. The van der Waals surface area contributed by atoms with Gasteiger partial charge in [-0.2, -0.15) is 0 Å². The van der Waals surface area contributed by atoms with Crippen molar-refractivity contribution in [2.75, 3.05) is 13.7 Å². The van der Waals surface area contributed by atoms with Gasteiger partial charge in [-0.1, -0.05) is 38.1 Å². The van der Waals surface area contributed by atoms with Crippen LogP contribution >= 0.6 is 0 Å². The molecule has 1 unspecified atom stereocenters. The zero-order valence-corrected chi connectivity index (χ0v) is 17.4. The Bertz CT molecular complexity index is 821. The summed E-state index contributed by atoms with van der Waals surface area (Å²) >= 11 is 0. The smallest absolute Gasteiger partial charge is 0.242 e. The van der Waals surface area contributed by atoms with Crippen molar-refractivity contribution in [3.8, 4) is 5.75 Å². The topological polar surface area (TPSA) is 58.6 Å². The molecule has 0 saturated carbocycles. The second kappa shape index (κ2) is 10.6. The van der Waals surface area contributed by atoms with E-state index in [1.165, 1.54) is 12.1 Å². The minimum Gasteiger partial charge on any atom is -0.497 e. The van der Waals surface area contributed by atoms with Gasteiger partial charge in [0, 0.05) is 13.1 Å². The lowest BCUT2D eigenvalue weighted by molar-refractivity contribution is -0.140. The number of benzene rings is 2. The van der Waals surface area contributed by atoms with Crippen LogP contribution in [-0.4, -0.2) is 36.4 Å². The van der Waals surface area contributed by atoms with Gasteiger partial charge in [0.05, 0.1) is 13.5 Å². The highest BCUT2D eigenvalue weighted by molar-refractivity contribution is 5.88. The molecule has 0 aliphatic rings. The number of hydrogen-bond acceptors (Lipinski definition) is 3. The van der Waals surface area contributed by atoms with Crippen molar-refractivity contribution in [3.63, 3.8) is 0 Å². The van der Waals surface area contributed by atoms with E-state index < -0.39 is 6.04 Å². The largest absolute Gasteiger partial charge is 0.497 e. The molecular formula is C23H29FN2O3. The predicted molar refractivity (Wildman–Crippen MR) is 111 cm³/mol. The van der Waals surface area contributed by atoms with E-state index in [1.807, 2.05) is 38.1 Å². The maximum absolute atomic E-state index is 13.2. The van der Waals surface area contributed by atoms with Crippen LogP contribution in [0.4, 0.5) is 4.39 Å². The molecule has 0 aliphatic heterocycles. The van der Waals surface area contributed by atoms with E-state index in [2.05, 4.69) is 5.32 Å². The standard InChI is InChI=1S/C23H29FN2O3/c1-16(2)14-25-23(28)17(3)26(15-19-6-5-7-21(12-19)29-4)22(27)13-18-8-10-20(24)11-9-18/h5-12,16-17H,13-15H2,1-4H3,(H,25,28). The van der Waals surface area contributed by atoms with Crippen molar-refractivity contribution in [1.29, 1.82) is 0 Å². The summed E-state index contributed by atoms with van der Waals surface area (Å²) in [6, 6.07) is 12.6. The third-order valence-electron chi connectivity index (χ3n) is 4.61. The number of methoxy groups -OCH3 is 1. The average Bonchev–Trinajstić information content (AvgIpc) is 2.71. The second-order valence-corrected chi connectivity index (χ2v) is 7.49. The highest BCUT2D eigenvalue weighted by atomic mass is 19.1. The summed E-state index contributed by atoms with van der Waals surface area (Å²) in [7, 11) is 1.58. The Hall–Kier alpha value is -2.89. The van der Waals surface area contributed by atoms with Crippen LogP contribution < -0.4 is 10.1 Å². The second-order valence-electron chi connectivity index (χ2n) is 7.49. The fourth-order valence-corrected chi connectivity index (χ4v) is 2.88. The van der Waals surface area contributed by atoms with Gasteiger partial charge in [-0.15, -0.1) is 0 Å². The maximum atomic E-state index is 13.2. The molecule has 0 aliphatic carbocycles. The molecule has 0 bridgehead atoms. The third-order valence-corrected chi connectivity index (χ3v) is 4.61. The fourth-order valence-electron chi connectivity index (χ4n) is 2.88. The van der Waals surface area contributed by atoms with Gasteiger partial charge >= 0.3 is 0 Å². The summed E-state index contributed by atoms with van der Waals surface area (Å²) in [6.07, 6.45) is 0.0893. The number of hydrogen-bond donors (Lipinski definition) is 1. The van der Waals surface area contributed by atoms with Crippen LogP contribution in [0.3, 0.4) is 0 Å². The molecule has 0 heterocycles. The molecule has 2 amide bonds. The Labute approximate surface area is 171 Å². The molecule has 0 fully saturated rings. The van der Waals surface area contributed by atoms with Crippen molar-refractivity contribution in [3.05, 3.63) is 65.5 Å². The van der Waals surface area contributed by atoms with E-state index in [0.717, 1.165) is 5.56 Å². The van der Waals surface area contributed by atoms with Crippen LogP contribution in [0.5, 0.6) is 5.75 Å². The number of nitrogens with one attached hydrogen (secondary N) is 1. The van der Waals surface area contributed by atoms with E-state index in [4.69, 9.17) is 4.74 Å². The fraction of sp³-hybridized carbons (Fsp3) is 0.391. The Morgan fingerprint density at radius 2 is 1.76 bits per heavy atom. The Morgan fingerprint density at radius 3 is 2.38 bits per heavy atom. The van der Waals surface area contributed by atoms with E-state index in [0.29, 0.717) is 23.8 Å². The van der Waals surface area contributed by atoms with Crippen LogP contribution in [0, 0.1) is 11.7 Å². The van der Waals surface area contributed by atoms with Crippen LogP contribution in [0.1, 0.15) is 31.9 Å². The highest BCUT2D eigenvalue weighted by Crippen LogP contribution is 2.17. The lowest BCUT2D eigenvalue weighted by Crippen LogP contribution is -2.48. The van der Waals surface area contributed by atoms with Gasteiger partial charge in [-0.05, 0) is 48.2 Å². The van der Waals surface area contributed by atoms with Crippen molar-refractivity contribution in [2.24, 2.45) is 5.92 Å². The average molecular weight is 400 g/mol. The molecule has 0 radical (unpaired) electrons. The lowest BCUT2D eigenvalue weighted by Gasteiger charge is -2.29. The van der Waals surface area contributed by atoms with Gasteiger partial charge < -0.3 is 15.0 Å². The Morgan fingerprint density at radius 1 is 1.07 bits per heavy atom. The van der Waals surface area contributed by atoms with Gasteiger partial charge in [0.2, 0.25) is 11.8 Å². The molecule has 156 valence electrons. The first kappa shape index (κ1) is 22.4. The van der Waals surface area contributed by atoms with Crippen LogP contribution in [0.2, 0.25) is 0 Å². The summed E-state index contributed by atoms with van der Waals surface area (Å²) in [6.45, 7) is 6.56. The lowest BCUT2D eigenvalue weighted by atomic mass is 10.1. The summed E-state index contributed by atoms with van der Waals surface area (Å²) < 4.78 is 18.4. The molecule has 1 N–H and O–H groups in total. The van der Waals surface area contributed by atoms with Crippen LogP contribution in [0.25, 0.3) is 0 Å². The number of rotatable bonds is 9. The van der Waals surface area contributed by atoms with E-state index >= 15 is 0 Å². The Kier molecular flexibility index (Phi) is 8.19. The SMILES string of the molecule is COc1cccc(CN(C(=O)Cc2ccc(F)cc2)C(C)C(=O)NCC(C)C)c1. The monoisotopic (exact) mass is 400 g/mol. The van der Waals surface area contributed by atoms with E-state index in [-0.39, 0.29) is 30.6 Å². The Balaban J connectivity index is 2.21. The number of amides is 2. The van der Waals surface area contributed by atoms with E-state index in [1.54, 1.807) is 31.1 Å². The normalized spacial score (nSPS) is 11.8. The number of nitrogens with zero attached hydrogens (tertiary/aromatic N) is 1. The summed E-state index contributed by atoms with van der Waals surface area (Å²) in [5, 5.41) is 2.89. The molecule has 2 aromatic carbocycles. The molecule has 2 aromatic rings. The van der Waals surface area contributed by atoms with Gasteiger partial charge in [-0.3, -0.25) is 9.59 Å². The first-order valence-electron chi connectivity index (χ1n) is 9.74. The van der Waals surface area contributed by atoms with Gasteiger partial charge in [-0.25, -0.2) is 4.39 Å². The minimum atomic E-state index is -0.645. The molecule has 29 heavy (non-hydrogen) atoms. The van der Waals surface area contributed by atoms with Crippen molar-refractivity contribution in [1.82, 2.24) is 10.2 Å². The molecular weight excluding hydrogens is 371 g/mol. The first-order chi connectivity index (χ1) is 13.8. The number of ether oxygens (including phenoxy) is 1. The van der Waals surface area contributed by atoms with Crippen LogP contribution in [-0.2, 0) is 22.6 Å². The number of carbonyl (C=O) groups is 2. The van der Waals surface area contributed by atoms with Crippen molar-refractivity contribution in [2.45, 2.75) is 39.8 Å². The quantitative estimate of drug-likeness (QED) is 0.700. The number of halogens is 1. The first-order valence-corrected chi connectivity index (χ1v) is 9.74. The predicted octanol–water partition coefficient (Wildman–Crippen LogP) is 3.57. The summed E-state index contributed by atoms with van der Waals surface area (Å²) in [5.74, 6) is 0.245. The molecule has 1 atom stereocenters. The van der Waals surface area contributed by atoms with Crippen LogP contribution in [0.15, 0.2) is 48.5 Å². The number of carbonyl (C=O) groups excluding carboxylic acids is 2. The van der Waals surface area contributed by atoms with Crippen molar-refractivity contribution < 1.29 is 18.7 Å². The summed E-state index contributed by atoms with van der Waals surface area (Å²) in [5.41, 5.74) is 1.56.